The van der Waals surface area contributed by atoms with Gasteiger partial charge in [0.1, 0.15) is 11.6 Å². The second-order valence-corrected chi connectivity index (χ2v) is 10.6. The van der Waals surface area contributed by atoms with Crippen LogP contribution in [-0.4, -0.2) is 72.2 Å². The summed E-state index contributed by atoms with van der Waals surface area (Å²) in [4.78, 5) is 41.4. The zero-order chi connectivity index (χ0) is 31.5. The molecule has 0 bridgehead atoms. The number of nitrogens with one attached hydrogen (secondary N) is 2. The van der Waals surface area contributed by atoms with Gasteiger partial charge < -0.3 is 25.2 Å². The minimum Gasteiger partial charge on any atom is -0.378 e. The number of fused-ring (bicyclic) bond motifs is 1. The summed E-state index contributed by atoms with van der Waals surface area (Å²) in [6, 6.07) is 18.8. The molecule has 2 N–H and O–H groups in total. The number of pyridine rings is 1. The number of rotatable bonds is 6. The van der Waals surface area contributed by atoms with Gasteiger partial charge in [-0.1, -0.05) is 6.07 Å². The molecule has 45 heavy (non-hydrogen) atoms. The number of morpholine rings is 1. The summed E-state index contributed by atoms with van der Waals surface area (Å²) >= 11 is 0. The monoisotopic (exact) mass is 609 g/mol. The fourth-order valence-corrected chi connectivity index (χ4v) is 5.04. The number of halogens is 2. The van der Waals surface area contributed by atoms with E-state index in [1.165, 1.54) is 23.2 Å². The van der Waals surface area contributed by atoms with Crippen LogP contribution in [-0.2, 0) is 4.74 Å². The molecule has 0 atom stereocenters. The van der Waals surface area contributed by atoms with Crippen molar-refractivity contribution in [1.82, 2.24) is 19.9 Å². The molecule has 2 aromatic heterocycles. The lowest BCUT2D eigenvalue weighted by atomic mass is 10.0. The molecule has 3 amide bonds. The Hall–Kier alpha value is -5.49. The van der Waals surface area contributed by atoms with Crippen molar-refractivity contribution in [2.45, 2.75) is 0 Å². The van der Waals surface area contributed by atoms with Crippen LogP contribution in [0, 0.1) is 11.8 Å². The molecule has 1 aliphatic rings. The number of anilines is 3. The number of nitrogens with zero attached hydrogens (tertiary/aromatic N) is 5. The third-order valence-electron chi connectivity index (χ3n) is 7.32. The van der Waals surface area contributed by atoms with Crippen LogP contribution >= 0.6 is 0 Å². The second-order valence-electron chi connectivity index (χ2n) is 10.6. The largest absolute Gasteiger partial charge is 0.378 e. The lowest BCUT2D eigenvalue weighted by Gasteiger charge is -2.29. The smallest absolute Gasteiger partial charge is 0.323 e. The number of amides is 3. The van der Waals surface area contributed by atoms with Gasteiger partial charge in [-0.05, 0) is 72.3 Å². The predicted octanol–water partition coefficient (Wildman–Crippen LogP) is 5.82. The quantitative estimate of drug-likeness (QED) is 0.233. The average Bonchev–Trinajstić information content (AvgIpc) is 3.04. The first kappa shape index (κ1) is 29.6. The van der Waals surface area contributed by atoms with Crippen LogP contribution in [0.5, 0.6) is 0 Å². The summed E-state index contributed by atoms with van der Waals surface area (Å²) in [5.41, 5.74) is 2.72. The van der Waals surface area contributed by atoms with Gasteiger partial charge in [-0.3, -0.25) is 4.79 Å². The summed E-state index contributed by atoms with van der Waals surface area (Å²) < 4.78 is 35.6. The summed E-state index contributed by atoms with van der Waals surface area (Å²) in [6.45, 7) is 2.24. The van der Waals surface area contributed by atoms with Crippen LogP contribution in [0.15, 0.2) is 79.0 Å². The molecule has 0 spiro atoms. The Bertz CT molecular complexity index is 1890. The van der Waals surface area contributed by atoms with Crippen molar-refractivity contribution in [2.24, 2.45) is 0 Å². The number of hydrogen-bond acceptors (Lipinski definition) is 7. The number of ether oxygens (including phenoxy) is 1. The number of carbonyl (C=O) groups excluding carboxylic acids is 2. The highest BCUT2D eigenvalue weighted by Crippen LogP contribution is 2.33. The molecule has 5 aromatic rings. The van der Waals surface area contributed by atoms with Crippen LogP contribution < -0.4 is 15.5 Å². The molecule has 1 saturated heterocycles. The Balaban J connectivity index is 1.28. The van der Waals surface area contributed by atoms with E-state index in [4.69, 9.17) is 9.72 Å². The molecular formula is C33H29F2N7O3. The van der Waals surface area contributed by atoms with Crippen molar-refractivity contribution in [2.75, 3.05) is 55.9 Å². The third-order valence-corrected chi connectivity index (χ3v) is 7.32. The first-order valence-corrected chi connectivity index (χ1v) is 14.2. The number of aromatic nitrogens is 3. The summed E-state index contributed by atoms with van der Waals surface area (Å²) in [7, 11) is 3.31. The van der Waals surface area contributed by atoms with Crippen molar-refractivity contribution in [3.8, 4) is 22.5 Å². The van der Waals surface area contributed by atoms with Gasteiger partial charge in [-0.2, -0.15) is 4.39 Å². The minimum absolute atomic E-state index is 0.136. The highest BCUT2D eigenvalue weighted by Gasteiger charge is 2.21. The Morgan fingerprint density at radius 1 is 0.867 bits per heavy atom. The fraction of sp³-hybridized carbons (Fsp3) is 0.182. The average molecular weight is 610 g/mol. The standard InChI is InChI=1S/C33H29F2N7O3/c1-41(2)32(43)20-5-8-22(9-6-20)37-33(44)38-23-10-12-25(27(34)19-23)30-39-28-18-21(24-4-3-13-36-29(24)35)7-11-26(28)31(40-30)42-14-16-45-17-15-42/h3-13,18-19H,14-17H2,1-2H3,(H2,37,38,44). The fourth-order valence-electron chi connectivity index (χ4n) is 5.04. The zero-order valence-electron chi connectivity index (χ0n) is 24.6. The molecule has 3 aromatic carbocycles. The molecule has 6 rings (SSSR count). The van der Waals surface area contributed by atoms with E-state index < -0.39 is 17.8 Å². The predicted molar refractivity (Wildman–Crippen MR) is 168 cm³/mol. The molecule has 10 nitrogen and oxygen atoms in total. The van der Waals surface area contributed by atoms with Crippen LogP contribution in [0.25, 0.3) is 33.4 Å². The molecule has 228 valence electrons. The molecule has 12 heteroatoms. The lowest BCUT2D eigenvalue weighted by Crippen LogP contribution is -2.37. The molecule has 3 heterocycles. The van der Waals surface area contributed by atoms with Gasteiger partial charge >= 0.3 is 6.03 Å². The molecule has 0 saturated carbocycles. The highest BCUT2D eigenvalue weighted by molar-refractivity contribution is 6.01. The topological polar surface area (TPSA) is 113 Å². The normalized spacial score (nSPS) is 13.0. The van der Waals surface area contributed by atoms with Gasteiger partial charge in [-0.25, -0.2) is 24.1 Å². The van der Waals surface area contributed by atoms with E-state index in [9.17, 15) is 14.0 Å². The highest BCUT2D eigenvalue weighted by atomic mass is 19.1. The van der Waals surface area contributed by atoms with Gasteiger partial charge in [0.2, 0.25) is 5.95 Å². The molecule has 0 aliphatic carbocycles. The van der Waals surface area contributed by atoms with Gasteiger partial charge in [0.15, 0.2) is 5.82 Å². The SMILES string of the molecule is CN(C)C(=O)c1ccc(NC(=O)Nc2ccc(-c3nc(N4CCOCC4)c4ccc(-c5cccnc5F)cc4n3)c(F)c2)cc1. The van der Waals surface area contributed by atoms with Gasteiger partial charge in [0, 0.05) is 61.3 Å². The minimum atomic E-state index is -0.638. The van der Waals surface area contributed by atoms with Crippen molar-refractivity contribution < 1.29 is 23.1 Å². The van der Waals surface area contributed by atoms with E-state index in [1.807, 2.05) is 6.07 Å². The molecule has 0 unspecified atom stereocenters. The molecule has 1 fully saturated rings. The van der Waals surface area contributed by atoms with E-state index >= 15 is 4.39 Å². The van der Waals surface area contributed by atoms with Crippen molar-refractivity contribution in [3.63, 3.8) is 0 Å². The van der Waals surface area contributed by atoms with E-state index in [2.05, 4.69) is 25.5 Å². The second kappa shape index (κ2) is 12.6. The van der Waals surface area contributed by atoms with E-state index in [0.717, 1.165) is 5.39 Å². The zero-order valence-corrected chi connectivity index (χ0v) is 24.6. The lowest BCUT2D eigenvalue weighted by molar-refractivity contribution is 0.0827. The maximum Gasteiger partial charge on any atom is 0.323 e. The first-order chi connectivity index (χ1) is 21.8. The van der Waals surface area contributed by atoms with E-state index in [0.29, 0.717) is 60.0 Å². The van der Waals surface area contributed by atoms with Crippen molar-refractivity contribution in [3.05, 3.63) is 96.3 Å². The maximum absolute atomic E-state index is 15.6. The Morgan fingerprint density at radius 2 is 1.60 bits per heavy atom. The maximum atomic E-state index is 15.6. The molecule has 1 aliphatic heterocycles. The van der Waals surface area contributed by atoms with E-state index in [-0.39, 0.29) is 23.0 Å². The van der Waals surface area contributed by atoms with Crippen molar-refractivity contribution >= 4 is 40.0 Å². The Labute approximate surface area is 257 Å². The third kappa shape index (κ3) is 6.41. The molecular weight excluding hydrogens is 580 g/mol. The first-order valence-electron chi connectivity index (χ1n) is 14.2. The Morgan fingerprint density at radius 3 is 2.31 bits per heavy atom. The number of carbonyl (C=O) groups is 2. The van der Waals surface area contributed by atoms with Gasteiger partial charge in [0.25, 0.3) is 5.91 Å². The summed E-state index contributed by atoms with van der Waals surface area (Å²) in [5.74, 6) is -0.628. The number of hydrogen-bond donors (Lipinski definition) is 2. The number of urea groups is 1. The summed E-state index contributed by atoms with van der Waals surface area (Å²) in [5, 5.41) is 6.03. The van der Waals surface area contributed by atoms with Gasteiger partial charge in [-0.15, -0.1) is 0 Å². The van der Waals surface area contributed by atoms with Gasteiger partial charge in [0.05, 0.1) is 24.3 Å². The van der Waals surface area contributed by atoms with Crippen LogP contribution in [0.2, 0.25) is 0 Å². The summed E-state index contributed by atoms with van der Waals surface area (Å²) in [6.07, 6.45) is 1.38. The molecule has 0 radical (unpaired) electrons. The Kier molecular flexibility index (Phi) is 8.30. The van der Waals surface area contributed by atoms with Crippen LogP contribution in [0.3, 0.4) is 0 Å². The van der Waals surface area contributed by atoms with Crippen molar-refractivity contribution in [1.29, 1.82) is 0 Å². The van der Waals surface area contributed by atoms with Crippen LogP contribution in [0.4, 0.5) is 30.8 Å². The van der Waals surface area contributed by atoms with Crippen LogP contribution in [0.1, 0.15) is 10.4 Å². The number of benzene rings is 3. The van der Waals surface area contributed by atoms with E-state index in [1.54, 1.807) is 68.7 Å².